The predicted octanol–water partition coefficient (Wildman–Crippen LogP) is 0.436. The van der Waals surface area contributed by atoms with Crippen molar-refractivity contribution in [2.24, 2.45) is 13.0 Å². The molecule has 0 spiro atoms. The van der Waals surface area contributed by atoms with Gasteiger partial charge in [-0.3, -0.25) is 9.59 Å². The fourth-order valence-electron chi connectivity index (χ4n) is 2.90. The monoisotopic (exact) mass is 328 g/mol. The van der Waals surface area contributed by atoms with Crippen molar-refractivity contribution in [3.63, 3.8) is 0 Å². The van der Waals surface area contributed by atoms with Gasteiger partial charge in [0.15, 0.2) is 5.82 Å². The summed E-state index contributed by atoms with van der Waals surface area (Å²) in [6, 6.07) is 9.78. The molecule has 0 bridgehead atoms. The quantitative estimate of drug-likeness (QED) is 0.859. The number of carbonyl (C=O) groups excluding carboxylic acids is 2. The molecule has 0 aliphatic carbocycles. The fourth-order valence-corrected chi connectivity index (χ4v) is 2.90. The number of hydrogen-bond donors (Lipinski definition) is 1. The Hall–Kier alpha value is -2.77. The van der Waals surface area contributed by atoms with Gasteiger partial charge in [-0.1, -0.05) is 30.3 Å². The molecule has 1 saturated heterocycles. The zero-order valence-corrected chi connectivity index (χ0v) is 13.7. The minimum absolute atomic E-state index is 0.00382. The van der Waals surface area contributed by atoms with Crippen molar-refractivity contribution >= 4 is 11.8 Å². The number of tetrazole rings is 1. The Morgan fingerprint density at radius 2 is 2.12 bits per heavy atom. The van der Waals surface area contributed by atoms with Crippen molar-refractivity contribution in [1.29, 1.82) is 0 Å². The maximum Gasteiger partial charge on any atom is 0.225 e. The molecule has 1 aliphatic heterocycles. The van der Waals surface area contributed by atoms with E-state index in [0.717, 1.165) is 5.56 Å². The lowest BCUT2D eigenvalue weighted by molar-refractivity contribution is -0.130. The zero-order chi connectivity index (χ0) is 17.1. The van der Waals surface area contributed by atoms with Gasteiger partial charge in [0.2, 0.25) is 11.8 Å². The summed E-state index contributed by atoms with van der Waals surface area (Å²) in [5.41, 5.74) is 1.07. The van der Waals surface area contributed by atoms with E-state index in [1.54, 1.807) is 11.9 Å². The molecule has 0 unspecified atom stereocenters. The Kier molecular flexibility index (Phi) is 4.54. The van der Waals surface area contributed by atoms with Gasteiger partial charge in [0.1, 0.15) is 0 Å². The van der Waals surface area contributed by atoms with E-state index in [1.807, 2.05) is 37.3 Å². The van der Waals surface area contributed by atoms with E-state index >= 15 is 0 Å². The number of carbonyl (C=O) groups is 2. The van der Waals surface area contributed by atoms with Crippen molar-refractivity contribution in [2.75, 3.05) is 6.54 Å². The minimum atomic E-state index is -0.347. The number of amides is 2. The van der Waals surface area contributed by atoms with Gasteiger partial charge in [0.05, 0.1) is 25.6 Å². The van der Waals surface area contributed by atoms with E-state index in [0.29, 0.717) is 12.4 Å². The van der Waals surface area contributed by atoms with Crippen molar-refractivity contribution in [2.45, 2.75) is 25.9 Å². The summed E-state index contributed by atoms with van der Waals surface area (Å²) in [4.78, 5) is 27.7. The Morgan fingerprint density at radius 3 is 2.79 bits per heavy atom. The summed E-state index contributed by atoms with van der Waals surface area (Å²) in [6.45, 7) is 2.62. The van der Waals surface area contributed by atoms with Crippen molar-refractivity contribution in [3.8, 4) is 0 Å². The predicted molar refractivity (Wildman–Crippen MR) is 85.3 cm³/mol. The van der Waals surface area contributed by atoms with Crippen LogP contribution in [-0.2, 0) is 23.2 Å². The van der Waals surface area contributed by atoms with E-state index < -0.39 is 0 Å². The number of aryl methyl sites for hydroxylation is 1. The highest BCUT2D eigenvalue weighted by molar-refractivity contribution is 5.89. The third kappa shape index (κ3) is 3.42. The van der Waals surface area contributed by atoms with Crippen LogP contribution in [0.5, 0.6) is 0 Å². The van der Waals surface area contributed by atoms with E-state index in [-0.39, 0.29) is 36.7 Å². The zero-order valence-electron chi connectivity index (χ0n) is 13.7. The van der Waals surface area contributed by atoms with Crippen LogP contribution >= 0.6 is 0 Å². The van der Waals surface area contributed by atoms with Gasteiger partial charge in [-0.25, -0.2) is 0 Å². The van der Waals surface area contributed by atoms with E-state index in [9.17, 15) is 9.59 Å². The molecule has 1 N–H and O–H groups in total. The molecular formula is C16H20N6O2. The number of nitrogens with one attached hydrogen (secondary N) is 1. The molecule has 1 aromatic heterocycles. The maximum atomic E-state index is 12.3. The van der Waals surface area contributed by atoms with Crippen LogP contribution in [0.2, 0.25) is 0 Å². The molecule has 2 aromatic rings. The van der Waals surface area contributed by atoms with Crippen molar-refractivity contribution < 1.29 is 9.59 Å². The van der Waals surface area contributed by atoms with Crippen LogP contribution in [0.4, 0.5) is 0 Å². The molecular weight excluding hydrogens is 308 g/mol. The lowest BCUT2D eigenvalue weighted by Gasteiger charge is -2.25. The average Bonchev–Trinajstić information content (AvgIpc) is 3.18. The molecule has 0 saturated carbocycles. The summed E-state index contributed by atoms with van der Waals surface area (Å²) >= 11 is 0. The van der Waals surface area contributed by atoms with Crippen LogP contribution in [0.25, 0.3) is 0 Å². The Bertz CT molecular complexity index is 729. The Morgan fingerprint density at radius 1 is 1.38 bits per heavy atom. The van der Waals surface area contributed by atoms with Gasteiger partial charge in [-0.05, 0) is 17.7 Å². The maximum absolute atomic E-state index is 12.3. The first-order chi connectivity index (χ1) is 11.5. The van der Waals surface area contributed by atoms with Gasteiger partial charge in [-0.15, -0.1) is 10.2 Å². The highest BCUT2D eigenvalue weighted by atomic mass is 16.2. The first kappa shape index (κ1) is 16.1. The van der Waals surface area contributed by atoms with Crippen LogP contribution in [0.3, 0.4) is 0 Å². The highest BCUT2D eigenvalue weighted by Gasteiger charge is 2.36. The molecule has 3 rings (SSSR count). The Balaban J connectivity index is 1.58. The molecule has 1 fully saturated rings. The first-order valence-corrected chi connectivity index (χ1v) is 7.89. The lowest BCUT2D eigenvalue weighted by Crippen LogP contribution is -2.33. The van der Waals surface area contributed by atoms with E-state index in [2.05, 4.69) is 20.7 Å². The number of hydrogen-bond acceptors (Lipinski definition) is 5. The number of nitrogens with zero attached hydrogens (tertiary/aromatic N) is 5. The molecule has 8 heteroatoms. The molecule has 2 amide bonds. The van der Waals surface area contributed by atoms with E-state index in [1.165, 1.54) is 4.80 Å². The van der Waals surface area contributed by atoms with Crippen LogP contribution in [0.15, 0.2) is 30.3 Å². The molecule has 24 heavy (non-hydrogen) atoms. The summed E-state index contributed by atoms with van der Waals surface area (Å²) in [6.07, 6.45) is 0.233. The van der Waals surface area contributed by atoms with E-state index in [4.69, 9.17) is 0 Å². The summed E-state index contributed by atoms with van der Waals surface area (Å²) in [5, 5.41) is 14.3. The van der Waals surface area contributed by atoms with Gasteiger partial charge in [0.25, 0.3) is 0 Å². The molecule has 0 radical (unpaired) electrons. The summed E-state index contributed by atoms with van der Waals surface area (Å²) in [7, 11) is 1.66. The minimum Gasteiger partial charge on any atom is -0.348 e. The summed E-state index contributed by atoms with van der Waals surface area (Å²) < 4.78 is 0. The van der Waals surface area contributed by atoms with Gasteiger partial charge in [0, 0.05) is 13.0 Å². The standard InChI is InChI=1S/C16H20N6O2/c1-11(12-6-4-3-5-7-12)22-10-13(8-15(22)23)16(24)17-9-14-18-20-21(2)19-14/h3-7,11,13H,8-10H2,1-2H3,(H,17,24)/t11-,13+/m0/s1. The van der Waals surface area contributed by atoms with Crippen LogP contribution < -0.4 is 5.32 Å². The molecule has 8 nitrogen and oxygen atoms in total. The second kappa shape index (κ2) is 6.77. The third-order valence-electron chi connectivity index (χ3n) is 4.25. The number of aromatic nitrogens is 4. The smallest absolute Gasteiger partial charge is 0.225 e. The number of likely N-dealkylation sites (tertiary alicyclic amines) is 1. The molecule has 2 atom stereocenters. The number of benzene rings is 1. The van der Waals surface area contributed by atoms with Gasteiger partial charge >= 0.3 is 0 Å². The highest BCUT2D eigenvalue weighted by Crippen LogP contribution is 2.28. The first-order valence-electron chi connectivity index (χ1n) is 7.89. The molecule has 126 valence electrons. The average molecular weight is 328 g/mol. The lowest BCUT2D eigenvalue weighted by atomic mass is 10.1. The number of rotatable bonds is 5. The summed E-state index contributed by atoms with van der Waals surface area (Å²) in [5.74, 6) is -0.0484. The van der Waals surface area contributed by atoms with Crippen molar-refractivity contribution in [3.05, 3.63) is 41.7 Å². The van der Waals surface area contributed by atoms with Crippen molar-refractivity contribution in [1.82, 2.24) is 30.4 Å². The van der Waals surface area contributed by atoms with Crippen LogP contribution in [-0.4, -0.2) is 43.5 Å². The van der Waals surface area contributed by atoms with Gasteiger partial charge in [-0.2, -0.15) is 4.80 Å². The van der Waals surface area contributed by atoms with Crippen LogP contribution in [0.1, 0.15) is 30.8 Å². The normalized spacial score (nSPS) is 18.7. The molecule has 2 heterocycles. The third-order valence-corrected chi connectivity index (χ3v) is 4.25. The molecule has 1 aromatic carbocycles. The second-order valence-electron chi connectivity index (χ2n) is 5.95. The SMILES string of the molecule is C[C@@H](c1ccccc1)N1C[C@H](C(=O)NCc2nnn(C)n2)CC1=O. The fraction of sp³-hybridized carbons (Fsp3) is 0.438. The largest absolute Gasteiger partial charge is 0.348 e. The molecule has 1 aliphatic rings. The Labute approximate surface area is 139 Å². The van der Waals surface area contributed by atoms with Gasteiger partial charge < -0.3 is 10.2 Å². The topological polar surface area (TPSA) is 93.0 Å². The van der Waals surface area contributed by atoms with Crippen LogP contribution in [0, 0.1) is 5.92 Å². The second-order valence-corrected chi connectivity index (χ2v) is 5.95.